The second-order valence-corrected chi connectivity index (χ2v) is 4.87. The smallest absolute Gasteiger partial charge is 0.0735 e. The number of rotatable bonds is 2. The van der Waals surface area contributed by atoms with E-state index in [0.29, 0.717) is 5.92 Å². The van der Waals surface area contributed by atoms with Gasteiger partial charge in [0.15, 0.2) is 0 Å². The van der Waals surface area contributed by atoms with E-state index in [0.717, 1.165) is 18.8 Å². The third-order valence-electron chi connectivity index (χ3n) is 3.67. The highest BCUT2D eigenvalue weighted by Gasteiger charge is 2.22. The van der Waals surface area contributed by atoms with Crippen LogP contribution in [-0.2, 0) is 0 Å². The lowest BCUT2D eigenvalue weighted by Crippen LogP contribution is -2.27. The largest absolute Gasteiger partial charge is 0.317 e. The van der Waals surface area contributed by atoms with E-state index >= 15 is 0 Å². The first-order valence-electron chi connectivity index (χ1n) is 6.52. The highest BCUT2D eigenvalue weighted by molar-refractivity contribution is 5.68. The van der Waals surface area contributed by atoms with Gasteiger partial charge in [-0.15, -0.1) is 0 Å². The third-order valence-corrected chi connectivity index (χ3v) is 3.67. The van der Waals surface area contributed by atoms with Gasteiger partial charge < -0.3 is 5.32 Å². The molecule has 2 N–H and O–H groups in total. The minimum Gasteiger partial charge on any atom is -0.317 e. The number of hydrogen-bond acceptors (Lipinski definition) is 3. The Morgan fingerprint density at radius 3 is 2.61 bits per heavy atom. The Kier molecular flexibility index (Phi) is 3.11. The third kappa shape index (κ3) is 2.04. The summed E-state index contributed by atoms with van der Waals surface area (Å²) in [5.74, 6) is 0.569. The van der Waals surface area contributed by atoms with Crippen LogP contribution in [0.15, 0.2) is 24.5 Å². The van der Waals surface area contributed by atoms with Gasteiger partial charge in [0, 0.05) is 29.6 Å². The van der Waals surface area contributed by atoms with Crippen LogP contribution in [0.2, 0.25) is 0 Å². The van der Waals surface area contributed by atoms with Gasteiger partial charge in [-0.2, -0.15) is 5.10 Å². The summed E-state index contributed by atoms with van der Waals surface area (Å²) in [7, 11) is 0. The summed E-state index contributed by atoms with van der Waals surface area (Å²) in [5, 5.41) is 11.1. The summed E-state index contributed by atoms with van der Waals surface area (Å²) in [6.45, 7) is 4.27. The molecule has 0 atom stereocenters. The number of H-pyrrole nitrogens is 1. The van der Waals surface area contributed by atoms with Crippen LogP contribution in [0.3, 0.4) is 0 Å². The molecular formula is C14H18N4. The van der Waals surface area contributed by atoms with Crippen molar-refractivity contribution in [2.75, 3.05) is 13.1 Å². The lowest BCUT2D eigenvalue weighted by atomic mass is 9.89. The maximum atomic E-state index is 4.54. The van der Waals surface area contributed by atoms with Gasteiger partial charge in [-0.3, -0.25) is 10.1 Å². The summed E-state index contributed by atoms with van der Waals surface area (Å²) < 4.78 is 0. The van der Waals surface area contributed by atoms with Crippen molar-refractivity contribution < 1.29 is 0 Å². The number of nitrogens with one attached hydrogen (secondary N) is 2. The van der Waals surface area contributed by atoms with Crippen LogP contribution in [0.1, 0.15) is 30.1 Å². The van der Waals surface area contributed by atoms with Crippen molar-refractivity contribution in [3.63, 3.8) is 0 Å². The standard InChI is InChI=1S/C14H18N4/c1-10-13(11-2-6-15-7-3-11)14(18-17-10)12-4-8-16-9-5-12/h2-3,6-7,12,16H,4-5,8-9H2,1H3,(H,17,18). The van der Waals surface area contributed by atoms with E-state index in [1.807, 2.05) is 12.4 Å². The molecule has 1 aliphatic heterocycles. The molecule has 0 saturated carbocycles. The summed E-state index contributed by atoms with van der Waals surface area (Å²) in [4.78, 5) is 4.09. The number of aromatic nitrogens is 3. The maximum absolute atomic E-state index is 4.54. The predicted octanol–water partition coefficient (Wildman–Crippen LogP) is 2.25. The van der Waals surface area contributed by atoms with Crippen LogP contribution in [0.25, 0.3) is 11.1 Å². The Bertz CT molecular complexity index is 512. The molecule has 2 aromatic heterocycles. The van der Waals surface area contributed by atoms with Gasteiger partial charge in [0.25, 0.3) is 0 Å². The molecule has 2 aromatic rings. The van der Waals surface area contributed by atoms with Crippen molar-refractivity contribution in [2.45, 2.75) is 25.7 Å². The molecule has 0 aromatic carbocycles. The first kappa shape index (κ1) is 11.4. The molecule has 94 valence electrons. The molecule has 3 rings (SSSR count). The zero-order valence-electron chi connectivity index (χ0n) is 10.6. The van der Waals surface area contributed by atoms with Crippen LogP contribution in [0.4, 0.5) is 0 Å². The van der Waals surface area contributed by atoms with Gasteiger partial charge in [-0.1, -0.05) is 0 Å². The average Bonchev–Trinajstić information content (AvgIpc) is 2.83. The van der Waals surface area contributed by atoms with Crippen LogP contribution >= 0.6 is 0 Å². The fourth-order valence-electron chi connectivity index (χ4n) is 2.72. The van der Waals surface area contributed by atoms with Crippen LogP contribution in [-0.4, -0.2) is 28.3 Å². The molecule has 0 bridgehead atoms. The minimum atomic E-state index is 0.569. The maximum Gasteiger partial charge on any atom is 0.0735 e. The van der Waals surface area contributed by atoms with Gasteiger partial charge in [0.1, 0.15) is 0 Å². The molecule has 18 heavy (non-hydrogen) atoms. The van der Waals surface area contributed by atoms with E-state index < -0.39 is 0 Å². The molecular weight excluding hydrogens is 224 g/mol. The number of aryl methyl sites for hydroxylation is 1. The van der Waals surface area contributed by atoms with Crippen molar-refractivity contribution >= 4 is 0 Å². The van der Waals surface area contributed by atoms with E-state index in [1.54, 1.807) is 0 Å². The fraction of sp³-hybridized carbons (Fsp3) is 0.429. The van der Waals surface area contributed by atoms with E-state index in [1.165, 1.54) is 29.7 Å². The van der Waals surface area contributed by atoms with E-state index in [-0.39, 0.29) is 0 Å². The number of hydrogen-bond donors (Lipinski definition) is 2. The monoisotopic (exact) mass is 242 g/mol. The second-order valence-electron chi connectivity index (χ2n) is 4.87. The predicted molar refractivity (Wildman–Crippen MR) is 71.4 cm³/mol. The molecule has 1 fully saturated rings. The number of piperidine rings is 1. The van der Waals surface area contributed by atoms with Crippen LogP contribution in [0, 0.1) is 6.92 Å². The Morgan fingerprint density at radius 1 is 1.17 bits per heavy atom. The molecule has 4 nitrogen and oxygen atoms in total. The lowest BCUT2D eigenvalue weighted by Gasteiger charge is -2.22. The fourth-order valence-corrected chi connectivity index (χ4v) is 2.72. The minimum absolute atomic E-state index is 0.569. The van der Waals surface area contributed by atoms with Crippen molar-refractivity contribution in [1.29, 1.82) is 0 Å². The quantitative estimate of drug-likeness (QED) is 0.849. The topological polar surface area (TPSA) is 53.6 Å². The molecule has 1 aliphatic rings. The number of nitrogens with zero attached hydrogens (tertiary/aromatic N) is 2. The van der Waals surface area contributed by atoms with Crippen molar-refractivity contribution in [2.24, 2.45) is 0 Å². The van der Waals surface area contributed by atoms with Crippen LogP contribution < -0.4 is 5.32 Å². The van der Waals surface area contributed by atoms with Crippen molar-refractivity contribution in [3.05, 3.63) is 35.9 Å². The van der Waals surface area contributed by atoms with E-state index in [2.05, 4.69) is 39.6 Å². The second kappa shape index (κ2) is 4.90. The number of pyridine rings is 1. The molecule has 4 heteroatoms. The van der Waals surface area contributed by atoms with Crippen molar-refractivity contribution in [3.8, 4) is 11.1 Å². The van der Waals surface area contributed by atoms with E-state index in [9.17, 15) is 0 Å². The molecule has 0 aliphatic carbocycles. The Morgan fingerprint density at radius 2 is 1.89 bits per heavy atom. The molecule has 1 saturated heterocycles. The summed E-state index contributed by atoms with van der Waals surface area (Å²) >= 11 is 0. The lowest BCUT2D eigenvalue weighted by molar-refractivity contribution is 0.453. The Labute approximate surface area is 107 Å². The zero-order chi connectivity index (χ0) is 12.4. The molecule has 0 radical (unpaired) electrons. The summed E-state index contributed by atoms with van der Waals surface area (Å²) in [6.07, 6.45) is 6.02. The molecule has 0 spiro atoms. The van der Waals surface area contributed by atoms with Gasteiger partial charge in [-0.25, -0.2) is 0 Å². The van der Waals surface area contributed by atoms with Gasteiger partial charge in [0.05, 0.1) is 5.69 Å². The SMILES string of the molecule is Cc1[nH]nc(C2CCNCC2)c1-c1ccncc1. The zero-order valence-corrected chi connectivity index (χ0v) is 10.6. The Hall–Kier alpha value is -1.68. The first-order chi connectivity index (χ1) is 8.86. The van der Waals surface area contributed by atoms with Gasteiger partial charge >= 0.3 is 0 Å². The summed E-state index contributed by atoms with van der Waals surface area (Å²) in [6, 6.07) is 4.12. The Balaban J connectivity index is 2.01. The van der Waals surface area contributed by atoms with Crippen LogP contribution in [0.5, 0.6) is 0 Å². The molecule has 0 amide bonds. The van der Waals surface area contributed by atoms with Gasteiger partial charge in [-0.05, 0) is 50.6 Å². The first-order valence-corrected chi connectivity index (χ1v) is 6.52. The normalized spacial score (nSPS) is 16.9. The number of aromatic amines is 1. The molecule has 0 unspecified atom stereocenters. The summed E-state index contributed by atoms with van der Waals surface area (Å²) in [5.41, 5.74) is 4.85. The van der Waals surface area contributed by atoms with Crippen molar-refractivity contribution in [1.82, 2.24) is 20.5 Å². The van der Waals surface area contributed by atoms with E-state index in [4.69, 9.17) is 0 Å². The molecule has 3 heterocycles. The highest BCUT2D eigenvalue weighted by Crippen LogP contribution is 2.34. The van der Waals surface area contributed by atoms with Gasteiger partial charge in [0.2, 0.25) is 0 Å². The average molecular weight is 242 g/mol. The highest BCUT2D eigenvalue weighted by atomic mass is 15.1.